The topological polar surface area (TPSA) is 62.3 Å². The number of para-hydroxylation sites is 3. The van der Waals surface area contributed by atoms with Gasteiger partial charge in [-0.1, -0.05) is 30.3 Å². The summed E-state index contributed by atoms with van der Waals surface area (Å²) in [5.74, 6) is -0.392. The van der Waals surface area contributed by atoms with Crippen LogP contribution in [-0.2, 0) is 4.79 Å². The van der Waals surface area contributed by atoms with E-state index in [4.69, 9.17) is 0 Å². The molecule has 2 aromatic carbocycles. The predicted molar refractivity (Wildman–Crippen MR) is 93.2 cm³/mol. The van der Waals surface area contributed by atoms with Crippen LogP contribution in [0.25, 0.3) is 10.9 Å². The van der Waals surface area contributed by atoms with Crippen molar-refractivity contribution in [3.63, 3.8) is 0 Å². The molecule has 0 unspecified atom stereocenters. The molecule has 0 spiro atoms. The zero-order valence-electron chi connectivity index (χ0n) is 13.1. The number of nitrogens with zero attached hydrogens (tertiary/aromatic N) is 2. The van der Waals surface area contributed by atoms with Crippen LogP contribution in [0.15, 0.2) is 54.6 Å². The third-order valence-electron chi connectivity index (χ3n) is 4.09. The van der Waals surface area contributed by atoms with Crippen LogP contribution in [0, 0.1) is 6.92 Å². The fourth-order valence-corrected chi connectivity index (χ4v) is 3.04. The molecule has 24 heavy (non-hydrogen) atoms. The Kier molecular flexibility index (Phi) is 3.27. The largest absolute Gasteiger partial charge is 0.323 e. The Balaban J connectivity index is 1.87. The van der Waals surface area contributed by atoms with E-state index in [-0.39, 0.29) is 18.4 Å². The van der Waals surface area contributed by atoms with Gasteiger partial charge >= 0.3 is 0 Å². The summed E-state index contributed by atoms with van der Waals surface area (Å²) in [5.41, 5.74) is 3.46. The highest BCUT2D eigenvalue weighted by molar-refractivity contribution is 6.19. The van der Waals surface area contributed by atoms with Crippen molar-refractivity contribution in [2.75, 3.05) is 16.8 Å². The highest BCUT2D eigenvalue weighted by Gasteiger charge is 2.28. The molecular formula is C19H15N3O2. The quantitative estimate of drug-likeness (QED) is 0.750. The number of carbonyl (C=O) groups is 2. The molecule has 3 aromatic rings. The van der Waals surface area contributed by atoms with Crippen molar-refractivity contribution in [3.05, 3.63) is 65.9 Å². The minimum absolute atomic E-state index is 0.00550. The molecule has 0 saturated heterocycles. The Morgan fingerprint density at radius 2 is 1.88 bits per heavy atom. The minimum atomic E-state index is -0.197. The van der Waals surface area contributed by atoms with Gasteiger partial charge in [-0.25, -0.2) is 0 Å². The summed E-state index contributed by atoms with van der Waals surface area (Å²) < 4.78 is 0. The lowest BCUT2D eigenvalue weighted by atomic mass is 10.1. The van der Waals surface area contributed by atoms with Crippen LogP contribution in [0.3, 0.4) is 0 Å². The highest BCUT2D eigenvalue weighted by atomic mass is 16.2. The molecule has 4 rings (SSSR count). The Labute approximate surface area is 138 Å². The van der Waals surface area contributed by atoms with Gasteiger partial charge in [0.05, 0.1) is 22.5 Å². The van der Waals surface area contributed by atoms with E-state index in [2.05, 4.69) is 10.3 Å². The van der Waals surface area contributed by atoms with Crippen LogP contribution in [0.4, 0.5) is 11.4 Å². The Hall–Kier alpha value is -3.21. The SMILES string of the molecule is Cc1cc(C(=O)N2CC(=O)Nc3ccccc32)c2ccccc2n1. The van der Waals surface area contributed by atoms with Gasteiger partial charge in [-0.3, -0.25) is 19.5 Å². The average molecular weight is 317 g/mol. The highest BCUT2D eigenvalue weighted by Crippen LogP contribution is 2.31. The Morgan fingerprint density at radius 1 is 1.12 bits per heavy atom. The molecule has 0 saturated carbocycles. The molecule has 0 bridgehead atoms. The van der Waals surface area contributed by atoms with E-state index >= 15 is 0 Å². The molecular weight excluding hydrogens is 302 g/mol. The molecule has 0 fully saturated rings. The van der Waals surface area contributed by atoms with Crippen molar-refractivity contribution >= 4 is 34.1 Å². The van der Waals surface area contributed by atoms with E-state index in [1.54, 1.807) is 12.1 Å². The van der Waals surface area contributed by atoms with Gasteiger partial charge in [0, 0.05) is 11.1 Å². The van der Waals surface area contributed by atoms with E-state index in [1.807, 2.05) is 49.4 Å². The van der Waals surface area contributed by atoms with Crippen LogP contribution >= 0.6 is 0 Å². The zero-order valence-corrected chi connectivity index (χ0v) is 13.1. The molecule has 1 aliphatic rings. The Morgan fingerprint density at radius 3 is 2.75 bits per heavy atom. The summed E-state index contributed by atoms with van der Waals surface area (Å²) in [5, 5.41) is 3.59. The number of carbonyl (C=O) groups excluding carboxylic acids is 2. The van der Waals surface area contributed by atoms with E-state index in [0.717, 1.165) is 16.6 Å². The fourth-order valence-electron chi connectivity index (χ4n) is 3.04. The first-order valence-corrected chi connectivity index (χ1v) is 7.70. The number of aryl methyl sites for hydroxylation is 1. The number of hydrogen-bond donors (Lipinski definition) is 1. The van der Waals surface area contributed by atoms with Crippen molar-refractivity contribution < 1.29 is 9.59 Å². The molecule has 2 amide bonds. The number of amides is 2. The fraction of sp³-hybridized carbons (Fsp3) is 0.105. The van der Waals surface area contributed by atoms with Crippen LogP contribution < -0.4 is 10.2 Å². The first-order chi connectivity index (χ1) is 11.6. The third-order valence-corrected chi connectivity index (χ3v) is 4.09. The summed E-state index contributed by atoms with van der Waals surface area (Å²) in [7, 11) is 0. The Bertz CT molecular complexity index is 981. The van der Waals surface area contributed by atoms with Crippen LogP contribution in [-0.4, -0.2) is 23.3 Å². The minimum Gasteiger partial charge on any atom is -0.323 e. The van der Waals surface area contributed by atoms with Gasteiger partial charge < -0.3 is 5.32 Å². The molecule has 118 valence electrons. The first kappa shape index (κ1) is 14.4. The second-order valence-corrected chi connectivity index (χ2v) is 5.78. The van der Waals surface area contributed by atoms with Gasteiger partial charge in [-0.2, -0.15) is 0 Å². The molecule has 5 nitrogen and oxygen atoms in total. The van der Waals surface area contributed by atoms with Gasteiger partial charge in [0.1, 0.15) is 6.54 Å². The lowest BCUT2D eigenvalue weighted by molar-refractivity contribution is -0.115. The van der Waals surface area contributed by atoms with Crippen molar-refractivity contribution in [3.8, 4) is 0 Å². The normalized spacial score (nSPS) is 13.5. The number of anilines is 2. The molecule has 1 aromatic heterocycles. The molecule has 1 aliphatic heterocycles. The second kappa shape index (κ2) is 5.45. The number of pyridine rings is 1. The lowest BCUT2D eigenvalue weighted by Gasteiger charge is -2.29. The van der Waals surface area contributed by atoms with Gasteiger partial charge in [0.2, 0.25) is 5.91 Å². The number of rotatable bonds is 1. The number of hydrogen-bond acceptors (Lipinski definition) is 3. The standard InChI is InChI=1S/C19H15N3O2/c1-12-10-14(13-6-2-3-7-15(13)20-12)19(24)22-11-18(23)21-16-8-4-5-9-17(16)22/h2-10H,11H2,1H3,(H,21,23). The van der Waals surface area contributed by atoms with Crippen LogP contribution in [0.1, 0.15) is 16.1 Å². The number of fused-ring (bicyclic) bond motifs is 2. The van der Waals surface area contributed by atoms with Crippen LogP contribution in [0.2, 0.25) is 0 Å². The lowest BCUT2D eigenvalue weighted by Crippen LogP contribution is -2.42. The van der Waals surface area contributed by atoms with Crippen molar-refractivity contribution in [2.24, 2.45) is 0 Å². The molecule has 0 atom stereocenters. The maximum absolute atomic E-state index is 13.2. The molecule has 0 aliphatic carbocycles. The van der Waals surface area contributed by atoms with Gasteiger partial charge in [-0.05, 0) is 31.2 Å². The second-order valence-electron chi connectivity index (χ2n) is 5.78. The summed E-state index contributed by atoms with van der Waals surface area (Å²) in [6, 6.07) is 16.6. The van der Waals surface area contributed by atoms with Crippen LogP contribution in [0.5, 0.6) is 0 Å². The molecule has 2 heterocycles. The van der Waals surface area contributed by atoms with Crippen molar-refractivity contribution in [2.45, 2.75) is 6.92 Å². The summed E-state index contributed by atoms with van der Waals surface area (Å²) in [6.45, 7) is 1.87. The smallest absolute Gasteiger partial charge is 0.259 e. The van der Waals surface area contributed by atoms with E-state index in [1.165, 1.54) is 4.90 Å². The van der Waals surface area contributed by atoms with E-state index in [9.17, 15) is 9.59 Å². The van der Waals surface area contributed by atoms with Gasteiger partial charge in [0.15, 0.2) is 0 Å². The number of aromatic nitrogens is 1. The first-order valence-electron chi connectivity index (χ1n) is 7.70. The molecule has 0 radical (unpaired) electrons. The number of nitrogens with one attached hydrogen (secondary N) is 1. The maximum Gasteiger partial charge on any atom is 0.259 e. The third kappa shape index (κ3) is 2.31. The monoisotopic (exact) mass is 317 g/mol. The van der Waals surface area contributed by atoms with E-state index < -0.39 is 0 Å². The summed E-state index contributed by atoms with van der Waals surface area (Å²) in [4.78, 5) is 31.2. The predicted octanol–water partition coefficient (Wildman–Crippen LogP) is 3.14. The molecule has 5 heteroatoms. The molecule has 1 N–H and O–H groups in total. The zero-order chi connectivity index (χ0) is 16.7. The van der Waals surface area contributed by atoms with Crippen molar-refractivity contribution in [1.29, 1.82) is 0 Å². The van der Waals surface area contributed by atoms with E-state index in [0.29, 0.717) is 16.9 Å². The van der Waals surface area contributed by atoms with Gasteiger partial charge in [-0.15, -0.1) is 0 Å². The van der Waals surface area contributed by atoms with Gasteiger partial charge in [0.25, 0.3) is 5.91 Å². The number of benzene rings is 2. The summed E-state index contributed by atoms with van der Waals surface area (Å²) in [6.07, 6.45) is 0. The average Bonchev–Trinajstić information content (AvgIpc) is 2.59. The summed E-state index contributed by atoms with van der Waals surface area (Å²) >= 11 is 0. The van der Waals surface area contributed by atoms with Crippen molar-refractivity contribution in [1.82, 2.24) is 4.98 Å². The maximum atomic E-state index is 13.2.